The Bertz CT molecular complexity index is 471. The molecule has 0 bridgehead atoms. The number of carbonyl (C=O) groups is 1. The number of nitrogens with zero attached hydrogens (tertiary/aromatic N) is 3. The molecular formula is C14H20N4O2. The molecule has 1 aromatic heterocycles. The second-order valence-corrected chi connectivity index (χ2v) is 5.40. The highest BCUT2D eigenvalue weighted by Crippen LogP contribution is 2.10. The number of hydrogen-bond donors (Lipinski definition) is 1. The second kappa shape index (κ2) is 7.43. The Morgan fingerprint density at radius 2 is 2.10 bits per heavy atom. The summed E-state index contributed by atoms with van der Waals surface area (Å²) in [5.74, 6) is 0.361. The van der Waals surface area contributed by atoms with Crippen LogP contribution < -0.4 is 5.32 Å². The van der Waals surface area contributed by atoms with Gasteiger partial charge in [0.05, 0.1) is 11.8 Å². The number of unbranched alkanes of at least 4 members (excludes halogenated alkanes) is 2. The minimum atomic E-state index is -0.548. The van der Waals surface area contributed by atoms with Crippen LogP contribution in [0.25, 0.3) is 0 Å². The molecule has 6 heteroatoms. The third-order valence-corrected chi connectivity index (χ3v) is 2.32. The summed E-state index contributed by atoms with van der Waals surface area (Å²) in [6.45, 7) is 5.38. The van der Waals surface area contributed by atoms with Crippen molar-refractivity contribution in [3.63, 3.8) is 0 Å². The third kappa shape index (κ3) is 6.69. The van der Waals surface area contributed by atoms with Gasteiger partial charge in [0.2, 0.25) is 0 Å². The first-order valence-corrected chi connectivity index (χ1v) is 6.60. The first kappa shape index (κ1) is 15.9. The van der Waals surface area contributed by atoms with Crippen LogP contribution in [0.3, 0.4) is 0 Å². The van der Waals surface area contributed by atoms with E-state index in [1.54, 1.807) is 26.8 Å². The number of aromatic nitrogens is 2. The molecule has 0 aliphatic carbocycles. The lowest BCUT2D eigenvalue weighted by atomic mass is 10.1. The Labute approximate surface area is 119 Å². The summed E-state index contributed by atoms with van der Waals surface area (Å²) < 4.78 is 5.12. The van der Waals surface area contributed by atoms with Gasteiger partial charge in [-0.3, -0.25) is 5.32 Å². The summed E-state index contributed by atoms with van der Waals surface area (Å²) in [5, 5.41) is 18.9. The summed E-state index contributed by atoms with van der Waals surface area (Å²) in [6, 6.07) is 5.61. The van der Waals surface area contributed by atoms with Crippen molar-refractivity contribution in [1.29, 1.82) is 5.26 Å². The Morgan fingerprint density at radius 3 is 2.65 bits per heavy atom. The van der Waals surface area contributed by atoms with E-state index in [0.29, 0.717) is 12.2 Å². The zero-order chi connectivity index (χ0) is 15.0. The van der Waals surface area contributed by atoms with Gasteiger partial charge >= 0.3 is 6.09 Å². The van der Waals surface area contributed by atoms with Crippen molar-refractivity contribution < 1.29 is 9.53 Å². The largest absolute Gasteiger partial charge is 0.444 e. The molecule has 0 aromatic carbocycles. The van der Waals surface area contributed by atoms with Crippen LogP contribution in [0.5, 0.6) is 0 Å². The molecule has 108 valence electrons. The van der Waals surface area contributed by atoms with Crippen molar-refractivity contribution in [1.82, 2.24) is 10.2 Å². The maximum absolute atomic E-state index is 11.5. The standard InChI is InChI=1S/C14H20N4O2/c1-14(2,3)20-13(19)16-12-9-8-11(17-18-12)7-5-4-6-10-15/h8-9H,4-7H2,1-3H3,(H,16,18,19). The molecule has 20 heavy (non-hydrogen) atoms. The molecule has 0 fully saturated rings. The van der Waals surface area contributed by atoms with Gasteiger partial charge in [0.25, 0.3) is 0 Å². The molecule has 1 heterocycles. The maximum Gasteiger partial charge on any atom is 0.413 e. The minimum absolute atomic E-state index is 0.361. The maximum atomic E-state index is 11.5. The van der Waals surface area contributed by atoms with E-state index in [0.717, 1.165) is 25.0 Å². The van der Waals surface area contributed by atoms with Gasteiger partial charge in [0, 0.05) is 6.42 Å². The van der Waals surface area contributed by atoms with Crippen molar-refractivity contribution in [2.75, 3.05) is 5.32 Å². The molecule has 0 atom stereocenters. The number of nitriles is 1. The number of carbonyl (C=O) groups excluding carboxylic acids is 1. The van der Waals surface area contributed by atoms with Gasteiger partial charge in [-0.05, 0) is 52.2 Å². The van der Waals surface area contributed by atoms with Crippen molar-refractivity contribution in [3.05, 3.63) is 17.8 Å². The zero-order valence-electron chi connectivity index (χ0n) is 12.1. The Balaban J connectivity index is 2.42. The Morgan fingerprint density at radius 1 is 1.35 bits per heavy atom. The number of rotatable bonds is 5. The predicted octanol–water partition coefficient (Wildman–Crippen LogP) is 3.06. The van der Waals surface area contributed by atoms with Crippen LogP contribution in [-0.2, 0) is 11.2 Å². The van der Waals surface area contributed by atoms with Gasteiger partial charge in [-0.1, -0.05) is 0 Å². The lowest BCUT2D eigenvalue weighted by Crippen LogP contribution is -2.27. The topological polar surface area (TPSA) is 87.9 Å². The van der Waals surface area contributed by atoms with Gasteiger partial charge in [-0.25, -0.2) is 4.79 Å². The summed E-state index contributed by atoms with van der Waals surface area (Å²) in [4.78, 5) is 11.5. The highest BCUT2D eigenvalue weighted by molar-refractivity contribution is 5.83. The minimum Gasteiger partial charge on any atom is -0.444 e. The Kier molecular flexibility index (Phi) is 5.91. The number of hydrogen-bond acceptors (Lipinski definition) is 5. The van der Waals surface area contributed by atoms with Gasteiger partial charge in [0.15, 0.2) is 5.82 Å². The van der Waals surface area contributed by atoms with Gasteiger partial charge in [-0.2, -0.15) is 10.4 Å². The van der Waals surface area contributed by atoms with E-state index in [1.165, 1.54) is 0 Å². The number of amides is 1. The van der Waals surface area contributed by atoms with Crippen molar-refractivity contribution >= 4 is 11.9 Å². The quantitative estimate of drug-likeness (QED) is 0.835. The van der Waals surface area contributed by atoms with E-state index in [9.17, 15) is 4.79 Å². The number of ether oxygens (including phenoxy) is 1. The van der Waals surface area contributed by atoms with E-state index in [-0.39, 0.29) is 0 Å². The molecule has 1 N–H and O–H groups in total. The number of anilines is 1. The average Bonchev–Trinajstić information content (AvgIpc) is 2.34. The van der Waals surface area contributed by atoms with Crippen molar-refractivity contribution in [3.8, 4) is 6.07 Å². The molecule has 6 nitrogen and oxygen atoms in total. The summed E-state index contributed by atoms with van der Waals surface area (Å²) in [6.07, 6.45) is 2.55. The monoisotopic (exact) mass is 276 g/mol. The van der Waals surface area contributed by atoms with E-state index < -0.39 is 11.7 Å². The van der Waals surface area contributed by atoms with Gasteiger partial charge < -0.3 is 4.74 Å². The van der Waals surface area contributed by atoms with Crippen molar-refractivity contribution in [2.24, 2.45) is 0 Å². The van der Waals surface area contributed by atoms with Gasteiger partial charge in [-0.15, -0.1) is 5.10 Å². The van der Waals surface area contributed by atoms with E-state index in [1.807, 2.05) is 6.07 Å². The summed E-state index contributed by atoms with van der Waals surface area (Å²) in [5.41, 5.74) is 0.302. The average molecular weight is 276 g/mol. The van der Waals surface area contributed by atoms with Crippen LogP contribution >= 0.6 is 0 Å². The van der Waals surface area contributed by atoms with Crippen LogP contribution in [0.1, 0.15) is 45.7 Å². The van der Waals surface area contributed by atoms with E-state index in [2.05, 4.69) is 21.6 Å². The van der Waals surface area contributed by atoms with E-state index in [4.69, 9.17) is 10.00 Å². The van der Waals surface area contributed by atoms with Crippen molar-refractivity contribution in [2.45, 2.75) is 52.1 Å². The molecule has 0 saturated heterocycles. The SMILES string of the molecule is CC(C)(C)OC(=O)Nc1ccc(CCCCC#N)nn1. The molecule has 0 aliphatic rings. The number of aryl methyl sites for hydroxylation is 1. The fourth-order valence-electron chi connectivity index (χ4n) is 1.48. The molecule has 1 aromatic rings. The fraction of sp³-hybridized carbons (Fsp3) is 0.571. The first-order chi connectivity index (χ1) is 9.40. The molecule has 0 unspecified atom stereocenters. The molecule has 0 aliphatic heterocycles. The first-order valence-electron chi connectivity index (χ1n) is 6.60. The molecule has 0 radical (unpaired) electrons. The van der Waals surface area contributed by atoms with Crippen LogP contribution in [0.2, 0.25) is 0 Å². The number of nitrogens with one attached hydrogen (secondary N) is 1. The zero-order valence-corrected chi connectivity index (χ0v) is 12.1. The lowest BCUT2D eigenvalue weighted by Gasteiger charge is -2.19. The highest BCUT2D eigenvalue weighted by Gasteiger charge is 2.16. The summed E-state index contributed by atoms with van der Waals surface area (Å²) >= 11 is 0. The summed E-state index contributed by atoms with van der Waals surface area (Å²) in [7, 11) is 0. The molecular weight excluding hydrogens is 256 g/mol. The predicted molar refractivity (Wildman–Crippen MR) is 75.1 cm³/mol. The van der Waals surface area contributed by atoms with E-state index >= 15 is 0 Å². The molecule has 0 spiro atoms. The normalized spacial score (nSPS) is 10.7. The third-order valence-electron chi connectivity index (χ3n) is 2.32. The fourth-order valence-corrected chi connectivity index (χ4v) is 1.48. The van der Waals surface area contributed by atoms with Gasteiger partial charge in [0.1, 0.15) is 5.60 Å². The Hall–Kier alpha value is -2.16. The lowest BCUT2D eigenvalue weighted by molar-refractivity contribution is 0.0635. The second-order valence-electron chi connectivity index (χ2n) is 5.40. The van der Waals surface area contributed by atoms with Crippen LogP contribution in [-0.4, -0.2) is 21.9 Å². The highest BCUT2D eigenvalue weighted by atomic mass is 16.6. The molecule has 1 rings (SSSR count). The smallest absolute Gasteiger partial charge is 0.413 e. The molecule has 1 amide bonds. The van der Waals surface area contributed by atoms with Crippen LogP contribution in [0.4, 0.5) is 10.6 Å². The molecule has 0 saturated carbocycles. The van der Waals surface area contributed by atoms with Crippen LogP contribution in [0, 0.1) is 11.3 Å². The van der Waals surface area contributed by atoms with Crippen LogP contribution in [0.15, 0.2) is 12.1 Å².